The van der Waals surface area contributed by atoms with E-state index >= 15 is 0 Å². The van der Waals surface area contributed by atoms with Crippen molar-refractivity contribution in [2.75, 3.05) is 13.1 Å². The number of halogens is 1. The van der Waals surface area contributed by atoms with Gasteiger partial charge in [-0.3, -0.25) is 0 Å². The summed E-state index contributed by atoms with van der Waals surface area (Å²) in [5.41, 5.74) is 2.91. The Bertz CT molecular complexity index is 284. The molecule has 0 bridgehead atoms. The summed E-state index contributed by atoms with van der Waals surface area (Å²) in [5.74, 6) is 0. The zero-order chi connectivity index (χ0) is 8.93. The Morgan fingerprint density at radius 3 is 2.29 bits per heavy atom. The van der Waals surface area contributed by atoms with E-state index in [1.807, 2.05) is 0 Å². The summed E-state index contributed by atoms with van der Waals surface area (Å²) in [5, 5.41) is 3.36. The van der Waals surface area contributed by atoms with Crippen LogP contribution in [-0.4, -0.2) is 13.1 Å². The first-order valence-corrected chi connectivity index (χ1v) is 4.90. The van der Waals surface area contributed by atoms with E-state index in [2.05, 4.69) is 41.7 Å². The fraction of sp³-hybridized carbons (Fsp3) is 0.333. The van der Waals surface area contributed by atoms with Crippen molar-refractivity contribution in [2.45, 2.75) is 12.8 Å². The SMILES string of the molecule is C(=C1CCNCC1)c1ccccc1.Cl. The number of benzene rings is 1. The van der Waals surface area contributed by atoms with E-state index in [1.54, 1.807) is 5.57 Å². The van der Waals surface area contributed by atoms with Gasteiger partial charge in [-0.15, -0.1) is 12.4 Å². The standard InChI is InChI=1S/C12H15N.ClH/c1-2-4-11(5-3-1)10-12-6-8-13-9-7-12;/h1-5,10,13H,6-9H2;1H. The topological polar surface area (TPSA) is 12.0 Å². The molecule has 1 aromatic rings. The van der Waals surface area contributed by atoms with Gasteiger partial charge in [-0.2, -0.15) is 0 Å². The lowest BCUT2D eigenvalue weighted by Crippen LogP contribution is -2.22. The van der Waals surface area contributed by atoms with Crippen LogP contribution in [0.5, 0.6) is 0 Å². The summed E-state index contributed by atoms with van der Waals surface area (Å²) in [7, 11) is 0. The predicted molar refractivity (Wildman–Crippen MR) is 63.8 cm³/mol. The average molecular weight is 210 g/mol. The van der Waals surface area contributed by atoms with Crippen molar-refractivity contribution >= 4 is 18.5 Å². The van der Waals surface area contributed by atoms with Crippen molar-refractivity contribution in [1.29, 1.82) is 0 Å². The maximum atomic E-state index is 3.36. The Morgan fingerprint density at radius 1 is 1.00 bits per heavy atom. The maximum Gasteiger partial charge on any atom is -0.00113 e. The minimum absolute atomic E-state index is 0. The number of nitrogens with one attached hydrogen (secondary N) is 1. The van der Waals surface area contributed by atoms with E-state index < -0.39 is 0 Å². The normalized spacial score (nSPS) is 15.9. The highest BCUT2D eigenvalue weighted by Crippen LogP contribution is 2.14. The van der Waals surface area contributed by atoms with Crippen LogP contribution in [0.1, 0.15) is 18.4 Å². The van der Waals surface area contributed by atoms with Crippen LogP contribution in [0.3, 0.4) is 0 Å². The third-order valence-corrected chi connectivity index (χ3v) is 2.42. The second-order valence-electron chi connectivity index (χ2n) is 3.46. The van der Waals surface area contributed by atoms with Gasteiger partial charge in [0.1, 0.15) is 0 Å². The van der Waals surface area contributed by atoms with Crippen LogP contribution in [0.25, 0.3) is 6.08 Å². The van der Waals surface area contributed by atoms with Gasteiger partial charge in [0.05, 0.1) is 0 Å². The molecule has 1 aliphatic heterocycles. The highest BCUT2D eigenvalue weighted by molar-refractivity contribution is 5.85. The van der Waals surface area contributed by atoms with E-state index in [-0.39, 0.29) is 12.4 Å². The van der Waals surface area contributed by atoms with Crippen LogP contribution in [0.2, 0.25) is 0 Å². The number of hydrogen-bond acceptors (Lipinski definition) is 1. The molecular formula is C12H16ClN. The minimum atomic E-state index is 0. The van der Waals surface area contributed by atoms with E-state index in [9.17, 15) is 0 Å². The lowest BCUT2D eigenvalue weighted by atomic mass is 10.0. The summed E-state index contributed by atoms with van der Waals surface area (Å²) in [6, 6.07) is 10.6. The first-order valence-electron chi connectivity index (χ1n) is 4.90. The molecule has 0 aromatic heterocycles. The van der Waals surface area contributed by atoms with Gasteiger partial charge < -0.3 is 5.32 Å². The molecule has 76 valence electrons. The molecule has 0 aliphatic carbocycles. The van der Waals surface area contributed by atoms with Gasteiger partial charge in [-0.1, -0.05) is 42.0 Å². The van der Waals surface area contributed by atoms with Gasteiger partial charge in [0, 0.05) is 0 Å². The molecule has 1 nitrogen and oxygen atoms in total. The Labute approximate surface area is 91.6 Å². The molecule has 1 N–H and O–H groups in total. The van der Waals surface area contributed by atoms with Crippen molar-refractivity contribution in [3.8, 4) is 0 Å². The first-order chi connectivity index (χ1) is 6.45. The zero-order valence-corrected chi connectivity index (χ0v) is 9.02. The van der Waals surface area contributed by atoms with Crippen molar-refractivity contribution in [1.82, 2.24) is 5.32 Å². The molecule has 0 spiro atoms. The molecule has 0 unspecified atom stereocenters. The molecule has 2 rings (SSSR count). The van der Waals surface area contributed by atoms with E-state index in [1.165, 1.54) is 18.4 Å². The molecule has 1 fully saturated rings. The van der Waals surface area contributed by atoms with Crippen LogP contribution in [0.15, 0.2) is 35.9 Å². The molecule has 1 aromatic carbocycles. The predicted octanol–water partition coefficient (Wildman–Crippen LogP) is 2.88. The number of hydrogen-bond donors (Lipinski definition) is 1. The van der Waals surface area contributed by atoms with Crippen LogP contribution in [0.4, 0.5) is 0 Å². The van der Waals surface area contributed by atoms with E-state index in [0.717, 1.165) is 13.1 Å². The van der Waals surface area contributed by atoms with Crippen molar-refractivity contribution in [3.63, 3.8) is 0 Å². The van der Waals surface area contributed by atoms with Gasteiger partial charge in [0.15, 0.2) is 0 Å². The molecule has 1 saturated heterocycles. The molecular weight excluding hydrogens is 194 g/mol. The van der Waals surface area contributed by atoms with Gasteiger partial charge in [-0.25, -0.2) is 0 Å². The summed E-state index contributed by atoms with van der Waals surface area (Å²) in [6.07, 6.45) is 4.73. The Morgan fingerprint density at radius 2 is 1.64 bits per heavy atom. The Balaban J connectivity index is 0.000000980. The van der Waals surface area contributed by atoms with Crippen LogP contribution >= 0.6 is 12.4 Å². The van der Waals surface area contributed by atoms with E-state index in [0.29, 0.717) is 0 Å². The smallest absolute Gasteiger partial charge is 0.00113 e. The fourth-order valence-corrected chi connectivity index (χ4v) is 1.68. The molecule has 1 heterocycles. The summed E-state index contributed by atoms with van der Waals surface area (Å²) in [4.78, 5) is 0. The van der Waals surface area contributed by atoms with Crippen LogP contribution in [0, 0.1) is 0 Å². The summed E-state index contributed by atoms with van der Waals surface area (Å²) in [6.45, 7) is 2.28. The zero-order valence-electron chi connectivity index (χ0n) is 8.20. The van der Waals surface area contributed by atoms with E-state index in [4.69, 9.17) is 0 Å². The highest BCUT2D eigenvalue weighted by Gasteiger charge is 2.03. The van der Waals surface area contributed by atoms with Crippen molar-refractivity contribution in [2.24, 2.45) is 0 Å². The van der Waals surface area contributed by atoms with Gasteiger partial charge in [0.2, 0.25) is 0 Å². The lowest BCUT2D eigenvalue weighted by Gasteiger charge is -2.14. The fourth-order valence-electron chi connectivity index (χ4n) is 1.68. The van der Waals surface area contributed by atoms with Gasteiger partial charge >= 0.3 is 0 Å². The molecule has 1 aliphatic rings. The number of rotatable bonds is 1. The quantitative estimate of drug-likeness (QED) is 0.750. The molecule has 0 atom stereocenters. The lowest BCUT2D eigenvalue weighted by molar-refractivity contribution is 0.613. The third-order valence-electron chi connectivity index (χ3n) is 2.42. The number of piperidine rings is 1. The largest absolute Gasteiger partial charge is 0.316 e. The monoisotopic (exact) mass is 209 g/mol. The third kappa shape index (κ3) is 3.17. The Kier molecular flexibility index (Phi) is 4.71. The van der Waals surface area contributed by atoms with Crippen LogP contribution in [-0.2, 0) is 0 Å². The van der Waals surface area contributed by atoms with Crippen molar-refractivity contribution in [3.05, 3.63) is 41.5 Å². The Hall–Kier alpha value is -0.790. The molecule has 14 heavy (non-hydrogen) atoms. The average Bonchev–Trinajstić information content (AvgIpc) is 2.21. The van der Waals surface area contributed by atoms with Gasteiger partial charge in [-0.05, 0) is 31.5 Å². The van der Waals surface area contributed by atoms with Gasteiger partial charge in [0.25, 0.3) is 0 Å². The van der Waals surface area contributed by atoms with Crippen LogP contribution < -0.4 is 5.32 Å². The minimum Gasteiger partial charge on any atom is -0.316 e. The second-order valence-corrected chi connectivity index (χ2v) is 3.46. The highest BCUT2D eigenvalue weighted by atomic mass is 35.5. The molecule has 0 radical (unpaired) electrons. The molecule has 0 saturated carbocycles. The summed E-state index contributed by atoms with van der Waals surface area (Å²) < 4.78 is 0. The second kappa shape index (κ2) is 5.84. The summed E-state index contributed by atoms with van der Waals surface area (Å²) >= 11 is 0. The maximum absolute atomic E-state index is 3.36. The molecule has 2 heteroatoms. The molecule has 0 amide bonds. The van der Waals surface area contributed by atoms with Crippen molar-refractivity contribution < 1.29 is 0 Å². The first kappa shape index (κ1) is 11.3.